The molecule has 0 saturated carbocycles. The largest absolute Gasteiger partial charge is 0.409 e. The molecule has 0 aromatic carbocycles. The Bertz CT molecular complexity index is 206. The predicted octanol–water partition coefficient (Wildman–Crippen LogP) is -0.382. The van der Waals surface area contributed by atoms with Crippen LogP contribution in [0.4, 0.5) is 0 Å². The Hall–Kier alpha value is -1.30. The van der Waals surface area contributed by atoms with Crippen LogP contribution in [0.15, 0.2) is 5.16 Å². The third kappa shape index (κ3) is 4.66. The highest BCUT2D eigenvalue weighted by atomic mass is 16.5. The van der Waals surface area contributed by atoms with Gasteiger partial charge >= 0.3 is 0 Å². The minimum absolute atomic E-state index is 0.0615. The van der Waals surface area contributed by atoms with Crippen molar-refractivity contribution in [3.8, 4) is 0 Å². The molecule has 0 aromatic rings. The van der Waals surface area contributed by atoms with Gasteiger partial charge in [0.1, 0.15) is 5.84 Å². The topological polar surface area (TPSA) is 88.2 Å². The van der Waals surface area contributed by atoms with Crippen molar-refractivity contribution in [2.24, 2.45) is 10.9 Å². The van der Waals surface area contributed by atoms with Crippen LogP contribution in [0, 0.1) is 0 Å². The molecule has 82 valence electrons. The number of ether oxygens (including phenoxy) is 1. The van der Waals surface area contributed by atoms with E-state index in [0.717, 1.165) is 0 Å². The number of carbonyl (C=O) groups is 1. The summed E-state index contributed by atoms with van der Waals surface area (Å²) in [5, 5.41) is 11.0. The smallest absolute Gasteiger partial charge is 0.230 e. The summed E-state index contributed by atoms with van der Waals surface area (Å²) in [6, 6.07) is 0. The average molecular weight is 203 g/mol. The summed E-state index contributed by atoms with van der Waals surface area (Å²) in [5.41, 5.74) is 5.22. The van der Waals surface area contributed by atoms with Crippen LogP contribution in [0.5, 0.6) is 0 Å². The number of amidine groups is 1. The van der Waals surface area contributed by atoms with E-state index in [9.17, 15) is 4.79 Å². The van der Waals surface area contributed by atoms with Gasteiger partial charge in [0.2, 0.25) is 5.91 Å². The maximum absolute atomic E-state index is 11.4. The van der Waals surface area contributed by atoms with Gasteiger partial charge in [-0.1, -0.05) is 5.16 Å². The average Bonchev–Trinajstić information content (AvgIpc) is 2.18. The van der Waals surface area contributed by atoms with Crippen LogP contribution in [-0.4, -0.2) is 48.7 Å². The second-order valence-corrected chi connectivity index (χ2v) is 2.73. The molecule has 14 heavy (non-hydrogen) atoms. The van der Waals surface area contributed by atoms with Crippen LogP contribution in [-0.2, 0) is 9.53 Å². The molecule has 1 amide bonds. The Balaban J connectivity index is 4.04. The first-order valence-electron chi connectivity index (χ1n) is 4.38. The monoisotopic (exact) mass is 203 g/mol. The lowest BCUT2D eigenvalue weighted by atomic mass is 10.3. The summed E-state index contributed by atoms with van der Waals surface area (Å²) in [5.74, 6) is -0.245. The summed E-state index contributed by atoms with van der Waals surface area (Å²) >= 11 is 0. The van der Waals surface area contributed by atoms with Crippen molar-refractivity contribution in [3.63, 3.8) is 0 Å². The molecule has 0 radical (unpaired) electrons. The molecule has 6 heteroatoms. The van der Waals surface area contributed by atoms with E-state index >= 15 is 0 Å². The molecule has 0 bridgehead atoms. The Kier molecular flexibility index (Phi) is 6.47. The lowest BCUT2D eigenvalue weighted by Gasteiger charge is -2.19. The van der Waals surface area contributed by atoms with Crippen molar-refractivity contribution in [2.45, 2.75) is 13.3 Å². The zero-order chi connectivity index (χ0) is 11.0. The number of nitrogens with zero attached hydrogens (tertiary/aromatic N) is 2. The number of rotatable bonds is 6. The molecular weight excluding hydrogens is 186 g/mol. The zero-order valence-electron chi connectivity index (χ0n) is 8.56. The summed E-state index contributed by atoms with van der Waals surface area (Å²) < 4.78 is 4.85. The van der Waals surface area contributed by atoms with Crippen LogP contribution >= 0.6 is 0 Å². The van der Waals surface area contributed by atoms with E-state index in [0.29, 0.717) is 19.7 Å². The van der Waals surface area contributed by atoms with Crippen LogP contribution < -0.4 is 5.73 Å². The molecule has 0 aromatic heterocycles. The molecule has 0 aliphatic rings. The molecule has 0 fully saturated rings. The lowest BCUT2D eigenvalue weighted by Crippen LogP contribution is -2.36. The van der Waals surface area contributed by atoms with Gasteiger partial charge in [-0.25, -0.2) is 0 Å². The lowest BCUT2D eigenvalue weighted by molar-refractivity contribution is -0.130. The predicted molar refractivity (Wildman–Crippen MR) is 52.2 cm³/mol. The molecule has 0 aliphatic heterocycles. The molecule has 3 N–H and O–H groups in total. The molecule has 6 nitrogen and oxygen atoms in total. The first kappa shape index (κ1) is 12.7. The van der Waals surface area contributed by atoms with E-state index < -0.39 is 0 Å². The van der Waals surface area contributed by atoms with Gasteiger partial charge in [0.15, 0.2) is 0 Å². The van der Waals surface area contributed by atoms with Gasteiger partial charge in [-0.2, -0.15) is 0 Å². The summed E-state index contributed by atoms with van der Waals surface area (Å²) in [6.45, 7) is 3.45. The Labute approximate surface area is 83.3 Å². The van der Waals surface area contributed by atoms with Crippen LogP contribution in [0.3, 0.4) is 0 Å². The highest BCUT2D eigenvalue weighted by Crippen LogP contribution is 1.94. The fraction of sp³-hybridized carbons (Fsp3) is 0.750. The Morgan fingerprint density at radius 3 is 2.71 bits per heavy atom. The number of methoxy groups -OCH3 is 1. The normalized spacial score (nSPS) is 11.4. The number of likely N-dealkylation sites (N-methyl/N-ethyl adjacent to an activating group) is 1. The van der Waals surface area contributed by atoms with Crippen LogP contribution in [0.1, 0.15) is 13.3 Å². The van der Waals surface area contributed by atoms with Crippen molar-refractivity contribution >= 4 is 11.7 Å². The van der Waals surface area contributed by atoms with E-state index in [2.05, 4.69) is 5.16 Å². The van der Waals surface area contributed by atoms with Gasteiger partial charge in [0, 0.05) is 20.2 Å². The van der Waals surface area contributed by atoms with E-state index in [1.807, 2.05) is 6.92 Å². The molecule has 0 unspecified atom stereocenters. The maximum atomic E-state index is 11.4. The van der Waals surface area contributed by atoms with Crippen LogP contribution in [0.2, 0.25) is 0 Å². The highest BCUT2D eigenvalue weighted by molar-refractivity contribution is 5.98. The quantitative estimate of drug-likeness (QED) is 0.266. The maximum Gasteiger partial charge on any atom is 0.230 e. The van der Waals surface area contributed by atoms with Gasteiger partial charge in [-0.3, -0.25) is 4.79 Å². The van der Waals surface area contributed by atoms with Gasteiger partial charge in [-0.05, 0) is 6.92 Å². The molecule has 0 saturated heterocycles. The standard InChI is InChI=1S/C8H17N3O3/c1-3-11(4-5-14-2)8(12)6-7(9)10-13/h13H,3-6H2,1-2H3,(H2,9,10). The minimum Gasteiger partial charge on any atom is -0.409 e. The highest BCUT2D eigenvalue weighted by Gasteiger charge is 2.12. The molecule has 0 heterocycles. The number of hydrogen-bond acceptors (Lipinski definition) is 4. The number of hydrogen-bond donors (Lipinski definition) is 2. The fourth-order valence-corrected chi connectivity index (χ4v) is 0.963. The van der Waals surface area contributed by atoms with Crippen molar-refractivity contribution in [1.29, 1.82) is 0 Å². The number of oxime groups is 1. The van der Waals surface area contributed by atoms with Crippen molar-refractivity contribution < 1.29 is 14.7 Å². The number of nitrogens with two attached hydrogens (primary N) is 1. The Morgan fingerprint density at radius 2 is 2.29 bits per heavy atom. The number of carbonyl (C=O) groups excluding carboxylic acids is 1. The molecule has 0 spiro atoms. The first-order chi connectivity index (χ1) is 6.65. The summed E-state index contributed by atoms with van der Waals surface area (Å²) in [6.07, 6.45) is -0.0615. The Morgan fingerprint density at radius 1 is 1.64 bits per heavy atom. The van der Waals surface area contributed by atoms with E-state index in [1.54, 1.807) is 12.0 Å². The van der Waals surface area contributed by atoms with E-state index in [-0.39, 0.29) is 18.2 Å². The fourth-order valence-electron chi connectivity index (χ4n) is 0.963. The van der Waals surface area contributed by atoms with Gasteiger partial charge in [0.05, 0.1) is 13.0 Å². The van der Waals surface area contributed by atoms with Gasteiger partial charge in [0.25, 0.3) is 0 Å². The van der Waals surface area contributed by atoms with Crippen molar-refractivity contribution in [1.82, 2.24) is 4.90 Å². The molecule has 0 atom stereocenters. The van der Waals surface area contributed by atoms with Crippen molar-refractivity contribution in [2.75, 3.05) is 26.8 Å². The van der Waals surface area contributed by atoms with Crippen molar-refractivity contribution in [3.05, 3.63) is 0 Å². The zero-order valence-corrected chi connectivity index (χ0v) is 8.56. The molecular formula is C8H17N3O3. The summed E-state index contributed by atoms with van der Waals surface area (Å²) in [7, 11) is 1.57. The van der Waals surface area contributed by atoms with E-state index in [1.165, 1.54) is 0 Å². The van der Waals surface area contributed by atoms with E-state index in [4.69, 9.17) is 15.7 Å². The SMILES string of the molecule is CCN(CCOC)C(=O)CC(N)=NO. The second kappa shape index (κ2) is 7.14. The third-order valence-electron chi connectivity index (χ3n) is 1.76. The van der Waals surface area contributed by atoms with Gasteiger partial charge in [-0.15, -0.1) is 0 Å². The number of amides is 1. The molecule has 0 rings (SSSR count). The first-order valence-corrected chi connectivity index (χ1v) is 4.38. The van der Waals surface area contributed by atoms with Gasteiger partial charge < -0.3 is 20.6 Å². The summed E-state index contributed by atoms with van der Waals surface area (Å²) in [4.78, 5) is 13.0. The molecule has 0 aliphatic carbocycles. The second-order valence-electron chi connectivity index (χ2n) is 2.73. The third-order valence-corrected chi connectivity index (χ3v) is 1.76. The van der Waals surface area contributed by atoms with Crippen LogP contribution in [0.25, 0.3) is 0 Å². The minimum atomic E-state index is -0.167.